The molecule has 3 N–H and O–H groups in total. The van der Waals surface area contributed by atoms with E-state index in [0.29, 0.717) is 6.42 Å². The minimum Gasteiger partial charge on any atom is -0.384 e. The molecule has 0 amide bonds. The lowest BCUT2D eigenvalue weighted by molar-refractivity contribution is 0.0207. The highest BCUT2D eigenvalue weighted by Gasteiger charge is 2.29. The zero-order chi connectivity index (χ0) is 14.4. The van der Waals surface area contributed by atoms with Crippen LogP contribution < -0.4 is 5.73 Å². The Balaban J connectivity index is 1.93. The lowest BCUT2D eigenvalue weighted by Gasteiger charge is -2.35. The summed E-state index contributed by atoms with van der Waals surface area (Å²) < 4.78 is 0. The number of aliphatic hydroxyl groups is 1. The van der Waals surface area contributed by atoms with Crippen LogP contribution in [-0.2, 0) is 5.60 Å². The van der Waals surface area contributed by atoms with Crippen LogP contribution in [-0.4, -0.2) is 36.2 Å². The quantitative estimate of drug-likeness (QED) is 0.838. The molecule has 1 aliphatic heterocycles. The van der Waals surface area contributed by atoms with E-state index in [1.165, 1.54) is 25.8 Å². The number of hydrogen-bond donors (Lipinski definition) is 2. The minimum absolute atomic E-state index is 0.280. The fourth-order valence-corrected chi connectivity index (χ4v) is 3.14. The maximum absolute atomic E-state index is 10.8. The second-order valence-electron chi connectivity index (χ2n) is 6.07. The smallest absolute Gasteiger partial charge is 0.103 e. The minimum atomic E-state index is -0.888. The number of nitrogens with zero attached hydrogens (tertiary/aromatic N) is 1. The summed E-state index contributed by atoms with van der Waals surface area (Å²) in [5.74, 6) is 0.825. The van der Waals surface area contributed by atoms with Gasteiger partial charge in [-0.2, -0.15) is 0 Å². The zero-order valence-electron chi connectivity index (χ0n) is 12.6. The molecule has 0 saturated carbocycles. The Bertz CT molecular complexity index is 395. The maximum Gasteiger partial charge on any atom is 0.103 e. The summed E-state index contributed by atoms with van der Waals surface area (Å²) in [5, 5.41) is 10.8. The summed E-state index contributed by atoms with van der Waals surface area (Å²) in [6.07, 6.45) is 4.61. The van der Waals surface area contributed by atoms with Gasteiger partial charge in [0.15, 0.2) is 0 Å². The second kappa shape index (κ2) is 7.21. The molecule has 0 aliphatic carbocycles. The molecular weight excluding hydrogens is 248 g/mol. The van der Waals surface area contributed by atoms with E-state index in [1.54, 1.807) is 0 Å². The van der Waals surface area contributed by atoms with E-state index in [1.807, 2.05) is 30.3 Å². The predicted molar refractivity (Wildman–Crippen MR) is 83.5 cm³/mol. The predicted octanol–water partition coefficient (Wildman–Crippen LogP) is 2.35. The van der Waals surface area contributed by atoms with Crippen LogP contribution in [0.3, 0.4) is 0 Å². The van der Waals surface area contributed by atoms with Gasteiger partial charge >= 0.3 is 0 Å². The van der Waals surface area contributed by atoms with E-state index in [9.17, 15) is 5.11 Å². The van der Waals surface area contributed by atoms with E-state index >= 15 is 0 Å². The Morgan fingerprint density at radius 1 is 1.35 bits per heavy atom. The van der Waals surface area contributed by atoms with Gasteiger partial charge in [-0.1, -0.05) is 43.7 Å². The Kier molecular flexibility index (Phi) is 5.58. The summed E-state index contributed by atoms with van der Waals surface area (Å²) in [7, 11) is 0. The van der Waals surface area contributed by atoms with E-state index in [0.717, 1.165) is 24.6 Å². The second-order valence-corrected chi connectivity index (χ2v) is 6.07. The molecular formula is C17H28N2O. The van der Waals surface area contributed by atoms with Crippen molar-refractivity contribution in [2.24, 2.45) is 11.7 Å². The van der Waals surface area contributed by atoms with Crippen molar-refractivity contribution in [3.05, 3.63) is 35.9 Å². The first-order valence-corrected chi connectivity index (χ1v) is 7.88. The van der Waals surface area contributed by atoms with Gasteiger partial charge in [-0.05, 0) is 37.3 Å². The molecule has 3 nitrogen and oxygen atoms in total. The van der Waals surface area contributed by atoms with Gasteiger partial charge in [0.05, 0.1) is 0 Å². The zero-order valence-corrected chi connectivity index (χ0v) is 12.6. The largest absolute Gasteiger partial charge is 0.384 e. The fourth-order valence-electron chi connectivity index (χ4n) is 3.14. The first-order chi connectivity index (χ1) is 9.68. The van der Waals surface area contributed by atoms with Crippen molar-refractivity contribution in [1.82, 2.24) is 4.90 Å². The third kappa shape index (κ3) is 3.81. The molecule has 2 unspecified atom stereocenters. The summed E-state index contributed by atoms with van der Waals surface area (Å²) >= 11 is 0. The number of nitrogens with two attached hydrogens (primary N) is 1. The number of likely N-dealkylation sites (tertiary alicyclic amines) is 1. The third-order valence-electron chi connectivity index (χ3n) is 4.67. The van der Waals surface area contributed by atoms with E-state index < -0.39 is 5.60 Å². The van der Waals surface area contributed by atoms with Gasteiger partial charge in [-0.3, -0.25) is 0 Å². The molecule has 112 valence electrons. The van der Waals surface area contributed by atoms with E-state index in [4.69, 9.17) is 5.73 Å². The molecule has 1 aliphatic rings. The number of benzene rings is 1. The Morgan fingerprint density at radius 2 is 2.10 bits per heavy atom. The summed E-state index contributed by atoms with van der Waals surface area (Å²) in [6, 6.07) is 9.83. The van der Waals surface area contributed by atoms with Gasteiger partial charge in [0.1, 0.15) is 5.60 Å². The SMILES string of the molecule is CCC1CCCN(CCC(O)(CN)c2ccccc2)C1. The molecule has 2 atom stereocenters. The van der Waals surface area contributed by atoms with Crippen molar-refractivity contribution in [3.63, 3.8) is 0 Å². The molecule has 2 rings (SSSR count). The molecule has 1 aromatic carbocycles. The average Bonchev–Trinajstić information content (AvgIpc) is 2.53. The summed E-state index contributed by atoms with van der Waals surface area (Å²) in [6.45, 7) is 5.81. The van der Waals surface area contributed by atoms with Crippen LogP contribution in [0.4, 0.5) is 0 Å². The van der Waals surface area contributed by atoms with Crippen LogP contribution in [0.5, 0.6) is 0 Å². The molecule has 1 aromatic rings. The molecule has 20 heavy (non-hydrogen) atoms. The van der Waals surface area contributed by atoms with E-state index in [2.05, 4.69) is 11.8 Å². The van der Waals surface area contributed by atoms with Crippen LogP contribution in [0.15, 0.2) is 30.3 Å². The number of rotatable bonds is 6. The van der Waals surface area contributed by atoms with Crippen molar-refractivity contribution in [2.75, 3.05) is 26.2 Å². The molecule has 1 fully saturated rings. The number of hydrogen-bond acceptors (Lipinski definition) is 3. The van der Waals surface area contributed by atoms with Crippen molar-refractivity contribution in [1.29, 1.82) is 0 Å². The molecule has 1 saturated heterocycles. The van der Waals surface area contributed by atoms with Crippen molar-refractivity contribution < 1.29 is 5.11 Å². The first kappa shape index (κ1) is 15.5. The van der Waals surface area contributed by atoms with Crippen LogP contribution in [0.1, 0.15) is 38.2 Å². The Labute approximate surface area is 122 Å². The molecule has 0 aromatic heterocycles. The van der Waals surface area contributed by atoms with Crippen molar-refractivity contribution in [3.8, 4) is 0 Å². The standard InChI is InChI=1S/C17H28N2O/c1-2-15-7-6-11-19(13-15)12-10-17(20,14-18)16-8-4-3-5-9-16/h3-5,8-9,15,20H,2,6-7,10-14,18H2,1H3. The van der Waals surface area contributed by atoms with Gasteiger partial charge in [0, 0.05) is 19.6 Å². The molecule has 0 bridgehead atoms. The molecule has 3 heteroatoms. The third-order valence-corrected chi connectivity index (χ3v) is 4.67. The molecule has 0 radical (unpaired) electrons. The van der Waals surface area contributed by atoms with Crippen LogP contribution in [0, 0.1) is 5.92 Å². The van der Waals surface area contributed by atoms with Crippen LogP contribution in [0.25, 0.3) is 0 Å². The lowest BCUT2D eigenvalue weighted by atomic mass is 9.89. The van der Waals surface area contributed by atoms with Gasteiger partial charge in [-0.25, -0.2) is 0 Å². The van der Waals surface area contributed by atoms with Gasteiger partial charge in [0.2, 0.25) is 0 Å². The summed E-state index contributed by atoms with van der Waals surface area (Å²) in [5.41, 5.74) is 5.89. The maximum atomic E-state index is 10.8. The van der Waals surface area contributed by atoms with Gasteiger partial charge < -0.3 is 15.7 Å². The highest BCUT2D eigenvalue weighted by Crippen LogP contribution is 2.26. The van der Waals surface area contributed by atoms with Crippen molar-refractivity contribution in [2.45, 2.75) is 38.2 Å². The lowest BCUT2D eigenvalue weighted by Crippen LogP contribution is -2.42. The topological polar surface area (TPSA) is 49.5 Å². The van der Waals surface area contributed by atoms with Gasteiger partial charge in [-0.15, -0.1) is 0 Å². The van der Waals surface area contributed by atoms with Crippen LogP contribution >= 0.6 is 0 Å². The van der Waals surface area contributed by atoms with Crippen molar-refractivity contribution >= 4 is 0 Å². The highest BCUT2D eigenvalue weighted by molar-refractivity contribution is 5.22. The van der Waals surface area contributed by atoms with E-state index in [-0.39, 0.29) is 6.54 Å². The summed E-state index contributed by atoms with van der Waals surface area (Å²) in [4.78, 5) is 2.49. The average molecular weight is 276 g/mol. The fraction of sp³-hybridized carbons (Fsp3) is 0.647. The molecule has 1 heterocycles. The van der Waals surface area contributed by atoms with Crippen LogP contribution in [0.2, 0.25) is 0 Å². The van der Waals surface area contributed by atoms with Gasteiger partial charge in [0.25, 0.3) is 0 Å². The Morgan fingerprint density at radius 3 is 2.75 bits per heavy atom. The first-order valence-electron chi connectivity index (χ1n) is 7.88. The molecule has 0 spiro atoms. The highest BCUT2D eigenvalue weighted by atomic mass is 16.3. The number of piperidine rings is 1. The Hall–Kier alpha value is -0.900. The monoisotopic (exact) mass is 276 g/mol. The normalized spacial score (nSPS) is 23.4.